The molecule has 2 aliphatic rings. The van der Waals surface area contributed by atoms with Gasteiger partial charge in [-0.05, 0) is 62.3 Å². The van der Waals surface area contributed by atoms with Crippen LogP contribution in [-0.2, 0) is 11.3 Å². The Bertz CT molecular complexity index is 1170. The molecule has 1 N–H and O–H groups in total. The number of hydrogen-bond acceptors (Lipinski definition) is 5. The minimum atomic E-state index is -0.638. The van der Waals surface area contributed by atoms with Crippen LogP contribution in [0.3, 0.4) is 0 Å². The lowest BCUT2D eigenvalue weighted by atomic mass is 9.58. The number of carbonyl (C=O) groups excluding carboxylic acids is 1. The maximum absolute atomic E-state index is 10.9. The van der Waals surface area contributed by atoms with Crippen LogP contribution >= 0.6 is 0 Å². The average molecular weight is 445 g/mol. The van der Waals surface area contributed by atoms with Crippen molar-refractivity contribution < 1.29 is 14.4 Å². The Balaban J connectivity index is 1.18. The van der Waals surface area contributed by atoms with Crippen LogP contribution in [0.15, 0.2) is 47.2 Å². The summed E-state index contributed by atoms with van der Waals surface area (Å²) in [6, 6.07) is 9.95. The maximum atomic E-state index is 10.9. The highest BCUT2D eigenvalue weighted by Crippen LogP contribution is 2.52. The Morgan fingerprint density at radius 1 is 1.27 bits per heavy atom. The van der Waals surface area contributed by atoms with E-state index in [0.29, 0.717) is 29.5 Å². The van der Waals surface area contributed by atoms with Crippen molar-refractivity contribution >= 4 is 6.41 Å². The van der Waals surface area contributed by atoms with E-state index in [0.717, 1.165) is 62.0 Å². The van der Waals surface area contributed by atoms with Crippen LogP contribution < -0.4 is 0 Å². The molecule has 2 fully saturated rings. The number of hydrogen-bond donors (Lipinski definition) is 1. The fourth-order valence-electron chi connectivity index (χ4n) is 5.02. The van der Waals surface area contributed by atoms with E-state index in [9.17, 15) is 9.90 Å². The van der Waals surface area contributed by atoms with Gasteiger partial charge >= 0.3 is 0 Å². The molecule has 3 heterocycles. The van der Waals surface area contributed by atoms with E-state index >= 15 is 0 Å². The van der Waals surface area contributed by atoms with Crippen LogP contribution in [-0.4, -0.2) is 44.2 Å². The molecule has 1 aliphatic carbocycles. The first-order chi connectivity index (χ1) is 16.0. The molecule has 5 rings (SSSR count). The summed E-state index contributed by atoms with van der Waals surface area (Å²) in [7, 11) is 0. The molecule has 33 heavy (non-hydrogen) atoms. The Labute approximate surface area is 193 Å². The number of imidazole rings is 1. The number of benzene rings is 1. The number of likely N-dealkylation sites (tertiary alicyclic amines) is 1. The number of amides is 1. The number of rotatable bonds is 5. The third kappa shape index (κ3) is 4.57. The predicted octanol–water partition coefficient (Wildman–Crippen LogP) is 3.64. The lowest BCUT2D eigenvalue weighted by Gasteiger charge is -2.50. The summed E-state index contributed by atoms with van der Waals surface area (Å²) >= 11 is 0. The standard InChI is InChI=1S/C26H28N4O3/c1-19(32)25-27-10-13-30(25)17-23-14-24(33-28-23)22-6-4-20(5-7-22)2-3-21-15-26(16-21)8-11-29(18-31)12-9-26/h4-7,10,13-14,18-19,21,32H,8-9,11-12,15-17H2,1H3/t19-/m0/s1. The van der Waals surface area contributed by atoms with Crippen LogP contribution in [0.4, 0.5) is 0 Å². The van der Waals surface area contributed by atoms with E-state index < -0.39 is 6.10 Å². The molecule has 0 bridgehead atoms. The van der Waals surface area contributed by atoms with Crippen LogP contribution in [0.5, 0.6) is 0 Å². The van der Waals surface area contributed by atoms with Crippen molar-refractivity contribution in [2.45, 2.75) is 45.3 Å². The molecule has 0 radical (unpaired) electrons. The third-order valence-corrected chi connectivity index (χ3v) is 6.97. The summed E-state index contributed by atoms with van der Waals surface area (Å²) in [5, 5.41) is 14.0. The minimum absolute atomic E-state index is 0.416. The van der Waals surface area contributed by atoms with E-state index in [1.165, 1.54) is 0 Å². The van der Waals surface area contributed by atoms with E-state index in [1.807, 2.05) is 46.0 Å². The predicted molar refractivity (Wildman–Crippen MR) is 123 cm³/mol. The lowest BCUT2D eigenvalue weighted by molar-refractivity contribution is -0.121. The Hall–Kier alpha value is -3.37. The van der Waals surface area contributed by atoms with Gasteiger partial charge in [-0.1, -0.05) is 17.0 Å². The fourth-order valence-corrected chi connectivity index (χ4v) is 5.02. The van der Waals surface area contributed by atoms with Crippen molar-refractivity contribution in [1.82, 2.24) is 19.6 Å². The van der Waals surface area contributed by atoms with E-state index in [1.54, 1.807) is 13.1 Å². The zero-order valence-electron chi connectivity index (χ0n) is 18.8. The molecule has 3 aromatic rings. The molecular formula is C26H28N4O3. The number of piperidine rings is 1. The quantitative estimate of drug-likeness (QED) is 0.480. The first-order valence-corrected chi connectivity index (χ1v) is 11.5. The van der Waals surface area contributed by atoms with Gasteiger partial charge in [-0.2, -0.15) is 0 Å². The molecule has 7 heteroatoms. The number of aliphatic hydroxyl groups excluding tert-OH is 1. The van der Waals surface area contributed by atoms with Gasteiger partial charge in [-0.25, -0.2) is 4.98 Å². The number of nitrogens with zero attached hydrogens (tertiary/aromatic N) is 4. The van der Waals surface area contributed by atoms with Gasteiger partial charge in [0.15, 0.2) is 5.76 Å². The van der Waals surface area contributed by atoms with Gasteiger partial charge in [0.1, 0.15) is 17.6 Å². The molecule has 1 saturated heterocycles. The molecule has 1 atom stereocenters. The summed E-state index contributed by atoms with van der Waals surface area (Å²) in [5.74, 6) is 8.52. The first kappa shape index (κ1) is 21.5. The van der Waals surface area contributed by atoms with E-state index in [2.05, 4.69) is 22.0 Å². The van der Waals surface area contributed by atoms with Gasteiger partial charge in [0.25, 0.3) is 0 Å². The normalized spacial score (nSPS) is 18.4. The fraction of sp³-hybridized carbons (Fsp3) is 0.423. The van der Waals surface area contributed by atoms with Crippen molar-refractivity contribution in [3.05, 3.63) is 59.8 Å². The van der Waals surface area contributed by atoms with Gasteiger partial charge < -0.3 is 19.1 Å². The highest BCUT2D eigenvalue weighted by molar-refractivity contribution is 5.59. The molecule has 1 aromatic carbocycles. The van der Waals surface area contributed by atoms with Crippen molar-refractivity contribution in [1.29, 1.82) is 0 Å². The summed E-state index contributed by atoms with van der Waals surface area (Å²) in [5.41, 5.74) is 3.13. The molecule has 1 amide bonds. The number of aliphatic hydroxyl groups is 1. The Morgan fingerprint density at radius 2 is 2.03 bits per heavy atom. The molecule has 170 valence electrons. The molecular weight excluding hydrogens is 416 g/mol. The Kier molecular flexibility index (Phi) is 5.77. The summed E-state index contributed by atoms with van der Waals surface area (Å²) in [4.78, 5) is 17.0. The Morgan fingerprint density at radius 3 is 2.73 bits per heavy atom. The average Bonchev–Trinajstić information content (AvgIpc) is 3.47. The molecule has 7 nitrogen and oxygen atoms in total. The van der Waals surface area contributed by atoms with Crippen molar-refractivity contribution in [3.63, 3.8) is 0 Å². The smallest absolute Gasteiger partial charge is 0.209 e. The van der Waals surface area contributed by atoms with Gasteiger partial charge in [0.05, 0.1) is 6.54 Å². The van der Waals surface area contributed by atoms with Crippen molar-refractivity contribution in [2.75, 3.05) is 13.1 Å². The number of aromatic nitrogens is 3. The molecule has 1 spiro atoms. The number of carbonyl (C=O) groups is 1. The second-order valence-corrected chi connectivity index (χ2v) is 9.37. The monoisotopic (exact) mass is 444 g/mol. The van der Waals surface area contributed by atoms with Gasteiger partial charge in [-0.3, -0.25) is 4.79 Å². The molecule has 2 aromatic heterocycles. The van der Waals surface area contributed by atoms with Crippen molar-refractivity contribution in [3.8, 4) is 23.2 Å². The zero-order valence-corrected chi connectivity index (χ0v) is 18.8. The van der Waals surface area contributed by atoms with Gasteiger partial charge in [0, 0.05) is 48.6 Å². The topological polar surface area (TPSA) is 84.4 Å². The summed E-state index contributed by atoms with van der Waals surface area (Å²) in [6.45, 7) is 3.96. The maximum Gasteiger partial charge on any atom is 0.209 e. The van der Waals surface area contributed by atoms with E-state index in [-0.39, 0.29) is 0 Å². The third-order valence-electron chi connectivity index (χ3n) is 6.97. The second-order valence-electron chi connectivity index (χ2n) is 9.37. The lowest BCUT2D eigenvalue weighted by Crippen LogP contribution is -2.46. The van der Waals surface area contributed by atoms with E-state index in [4.69, 9.17) is 4.52 Å². The highest BCUT2D eigenvalue weighted by Gasteiger charge is 2.44. The molecule has 1 saturated carbocycles. The van der Waals surface area contributed by atoms with Crippen LogP contribution in [0.25, 0.3) is 11.3 Å². The van der Waals surface area contributed by atoms with Crippen LogP contribution in [0, 0.1) is 23.2 Å². The van der Waals surface area contributed by atoms with Gasteiger partial charge in [0.2, 0.25) is 6.41 Å². The van der Waals surface area contributed by atoms with Gasteiger partial charge in [-0.15, -0.1) is 0 Å². The second kappa shape index (κ2) is 8.87. The molecule has 0 unspecified atom stereocenters. The summed E-state index contributed by atoms with van der Waals surface area (Å²) in [6.07, 6.45) is 8.35. The molecule has 1 aliphatic heterocycles. The largest absolute Gasteiger partial charge is 0.385 e. The minimum Gasteiger partial charge on any atom is -0.385 e. The van der Waals surface area contributed by atoms with Crippen LogP contribution in [0.1, 0.15) is 55.8 Å². The van der Waals surface area contributed by atoms with Crippen LogP contribution in [0.2, 0.25) is 0 Å². The highest BCUT2D eigenvalue weighted by atomic mass is 16.5. The van der Waals surface area contributed by atoms with Crippen molar-refractivity contribution in [2.24, 2.45) is 11.3 Å². The SMILES string of the molecule is C[C@H](O)c1nccn1Cc1cc(-c2ccc(C#CC3CC4(CCN(C=O)CC4)C3)cc2)on1. The zero-order chi connectivity index (χ0) is 22.8. The summed E-state index contributed by atoms with van der Waals surface area (Å²) < 4.78 is 7.40. The first-order valence-electron chi connectivity index (χ1n) is 11.5.